The summed E-state index contributed by atoms with van der Waals surface area (Å²) in [6.07, 6.45) is 28.0. The third-order valence-corrected chi connectivity index (χ3v) is 10.2. The number of aryl methyl sites for hydroxylation is 1. The number of rotatable bonds is 19. The van der Waals surface area contributed by atoms with Crippen LogP contribution in [0.15, 0.2) is 91.5 Å². The maximum atomic E-state index is 8.97. The molecule has 0 aliphatic heterocycles. The fourth-order valence-electron chi connectivity index (χ4n) is 7.27. The van der Waals surface area contributed by atoms with Crippen molar-refractivity contribution in [3.8, 4) is 28.6 Å². The van der Waals surface area contributed by atoms with Crippen molar-refractivity contribution in [2.45, 2.75) is 122 Å². The second-order valence-electron chi connectivity index (χ2n) is 13.8. The molecule has 1 saturated carbocycles. The van der Waals surface area contributed by atoms with Gasteiger partial charge < -0.3 is 4.74 Å². The molecule has 3 aromatic carbocycles. The molecule has 0 bridgehead atoms. The van der Waals surface area contributed by atoms with E-state index in [1.807, 2.05) is 36.4 Å². The van der Waals surface area contributed by atoms with E-state index in [4.69, 9.17) is 10.00 Å². The summed E-state index contributed by atoms with van der Waals surface area (Å²) in [4.78, 5) is 0. The lowest BCUT2D eigenvalue weighted by Crippen LogP contribution is -2.30. The van der Waals surface area contributed by atoms with Gasteiger partial charge in [0.1, 0.15) is 23.8 Å². The Hall–Kier alpha value is -3.84. The monoisotopic (exact) mass is 630 g/mol. The van der Waals surface area contributed by atoms with Gasteiger partial charge in [0, 0.05) is 0 Å². The second kappa shape index (κ2) is 19.1. The second-order valence-corrected chi connectivity index (χ2v) is 13.8. The van der Waals surface area contributed by atoms with Crippen LogP contribution in [0.5, 0.6) is 5.75 Å². The van der Waals surface area contributed by atoms with Gasteiger partial charge in [0.05, 0.1) is 24.8 Å². The topological polar surface area (TPSA) is 41.8 Å². The Kier molecular flexibility index (Phi) is 14.0. The van der Waals surface area contributed by atoms with Gasteiger partial charge in [0.15, 0.2) is 0 Å². The average molecular weight is 631 g/mol. The summed E-state index contributed by atoms with van der Waals surface area (Å²) in [6, 6.07) is 27.5. The van der Waals surface area contributed by atoms with Crippen molar-refractivity contribution < 1.29 is 9.30 Å². The Morgan fingerprint density at radius 1 is 0.723 bits per heavy atom. The molecule has 0 atom stereocenters. The minimum atomic E-state index is 0.688. The number of imidazole rings is 1. The fourth-order valence-corrected chi connectivity index (χ4v) is 7.27. The lowest BCUT2D eigenvalue weighted by molar-refractivity contribution is -0.696. The molecule has 1 aliphatic carbocycles. The molecule has 0 saturated heterocycles. The molecule has 1 aliphatic rings. The molecule has 0 N–H and O–H groups in total. The molecule has 4 aromatic rings. The maximum Gasteiger partial charge on any atom is 0.248 e. The van der Waals surface area contributed by atoms with E-state index < -0.39 is 0 Å². The molecule has 47 heavy (non-hydrogen) atoms. The molecule has 1 fully saturated rings. The van der Waals surface area contributed by atoms with Crippen LogP contribution in [0.2, 0.25) is 0 Å². The average Bonchev–Trinajstić information content (AvgIpc) is 3.60. The molecule has 0 amide bonds. The van der Waals surface area contributed by atoms with E-state index in [0.29, 0.717) is 5.56 Å². The Labute approximate surface area is 284 Å². The predicted octanol–water partition coefficient (Wildman–Crippen LogP) is 11.4. The van der Waals surface area contributed by atoms with Crippen LogP contribution in [0.25, 0.3) is 16.8 Å². The van der Waals surface area contributed by atoms with Crippen LogP contribution in [0.1, 0.15) is 127 Å². The lowest BCUT2D eigenvalue weighted by Gasteiger charge is -2.28. The highest BCUT2D eigenvalue weighted by Crippen LogP contribution is 2.37. The van der Waals surface area contributed by atoms with E-state index in [0.717, 1.165) is 48.3 Å². The number of nitrogens with zero attached hydrogens (tertiary/aromatic N) is 3. The molecule has 4 heteroatoms. The highest BCUT2D eigenvalue weighted by molar-refractivity contribution is 5.64. The zero-order valence-corrected chi connectivity index (χ0v) is 28.8. The summed E-state index contributed by atoms with van der Waals surface area (Å²) in [6.45, 7) is 4.21. The summed E-state index contributed by atoms with van der Waals surface area (Å²) in [7, 11) is 0. The highest BCUT2D eigenvalue weighted by atomic mass is 16.5. The lowest BCUT2D eigenvalue weighted by atomic mass is 9.77. The summed E-state index contributed by atoms with van der Waals surface area (Å²) in [5.41, 5.74) is 5.75. The molecule has 1 heterocycles. The van der Waals surface area contributed by atoms with E-state index in [1.54, 1.807) is 0 Å². The third-order valence-electron chi connectivity index (χ3n) is 10.2. The van der Waals surface area contributed by atoms with Crippen LogP contribution in [0.3, 0.4) is 0 Å². The van der Waals surface area contributed by atoms with Crippen molar-refractivity contribution in [2.75, 3.05) is 6.61 Å². The van der Waals surface area contributed by atoms with E-state index in [1.165, 1.54) is 108 Å². The van der Waals surface area contributed by atoms with Crippen molar-refractivity contribution in [1.29, 1.82) is 5.26 Å². The number of unbranched alkanes of at least 4 members (excludes halogenated alkanes) is 9. The SMILES string of the molecule is CCCC1CCC(c2ccc(-n3cc[n+](CCCCCCCCCCCCOc4ccc(-c5ccc(C#N)cc5)cc4)c3)cc2)CC1. The van der Waals surface area contributed by atoms with Gasteiger partial charge in [-0.05, 0) is 110 Å². The van der Waals surface area contributed by atoms with Crippen molar-refractivity contribution >= 4 is 0 Å². The van der Waals surface area contributed by atoms with Crippen molar-refractivity contribution in [2.24, 2.45) is 5.92 Å². The van der Waals surface area contributed by atoms with Crippen LogP contribution >= 0.6 is 0 Å². The summed E-state index contributed by atoms with van der Waals surface area (Å²) in [5, 5.41) is 8.97. The van der Waals surface area contributed by atoms with Crippen LogP contribution in [-0.2, 0) is 6.54 Å². The quantitative estimate of drug-likeness (QED) is 0.0764. The number of hydrogen-bond acceptors (Lipinski definition) is 2. The first-order valence-corrected chi connectivity index (χ1v) is 18.6. The Balaban J connectivity index is 0.853. The fraction of sp³-hybridized carbons (Fsp3) is 0.488. The van der Waals surface area contributed by atoms with Gasteiger partial charge in [-0.15, -0.1) is 0 Å². The van der Waals surface area contributed by atoms with Gasteiger partial charge in [-0.3, -0.25) is 0 Å². The molecule has 4 nitrogen and oxygen atoms in total. The van der Waals surface area contributed by atoms with Crippen LogP contribution in [0, 0.1) is 17.2 Å². The predicted molar refractivity (Wildman–Crippen MR) is 194 cm³/mol. The maximum absolute atomic E-state index is 8.97. The first-order valence-electron chi connectivity index (χ1n) is 18.6. The first-order chi connectivity index (χ1) is 23.2. The number of hydrogen-bond donors (Lipinski definition) is 0. The largest absolute Gasteiger partial charge is 0.494 e. The van der Waals surface area contributed by atoms with Gasteiger partial charge in [-0.2, -0.15) is 5.26 Å². The first kappa shape index (κ1) is 34.5. The minimum absolute atomic E-state index is 0.688. The Bertz CT molecular complexity index is 1470. The zero-order valence-electron chi connectivity index (χ0n) is 28.8. The van der Waals surface area contributed by atoms with Gasteiger partial charge in [-0.1, -0.05) is 101 Å². The Morgan fingerprint density at radius 3 is 1.94 bits per heavy atom. The molecular formula is C43H56N3O+. The molecule has 248 valence electrons. The minimum Gasteiger partial charge on any atom is -0.494 e. The van der Waals surface area contributed by atoms with E-state index in [-0.39, 0.29) is 0 Å². The van der Waals surface area contributed by atoms with E-state index in [2.05, 4.69) is 77.2 Å². The molecule has 5 rings (SSSR count). The number of ether oxygens (including phenoxy) is 1. The van der Waals surface area contributed by atoms with E-state index >= 15 is 0 Å². The third kappa shape index (κ3) is 11.1. The molecular weight excluding hydrogens is 574 g/mol. The zero-order chi connectivity index (χ0) is 32.5. The van der Waals surface area contributed by atoms with Crippen LogP contribution in [-0.4, -0.2) is 11.2 Å². The molecule has 0 unspecified atom stereocenters. The molecule has 0 spiro atoms. The standard InChI is InChI=1S/C43H56N3O/c1-2-13-36-14-18-38(19-15-36)40-22-26-42(27-23-40)46-32-31-45(35-46)30-11-9-7-5-3-4-6-8-10-12-33-47-43-28-24-41(25-29-43)39-20-16-37(34-44)17-21-39/h16-17,20-29,31-32,35-36,38H,2-15,18-19,30,33H2,1H3/q+1. The Morgan fingerprint density at radius 2 is 1.32 bits per heavy atom. The van der Waals surface area contributed by atoms with Gasteiger partial charge in [-0.25, -0.2) is 9.13 Å². The highest BCUT2D eigenvalue weighted by Gasteiger charge is 2.22. The van der Waals surface area contributed by atoms with Crippen molar-refractivity contribution in [1.82, 2.24) is 4.57 Å². The normalized spacial score (nSPS) is 16.2. The summed E-state index contributed by atoms with van der Waals surface area (Å²) < 4.78 is 10.6. The summed E-state index contributed by atoms with van der Waals surface area (Å²) in [5.74, 6) is 2.66. The van der Waals surface area contributed by atoms with Gasteiger partial charge >= 0.3 is 0 Å². The molecule has 0 radical (unpaired) electrons. The van der Waals surface area contributed by atoms with Crippen LogP contribution in [0.4, 0.5) is 0 Å². The van der Waals surface area contributed by atoms with E-state index in [9.17, 15) is 0 Å². The number of benzene rings is 3. The molecule has 1 aromatic heterocycles. The van der Waals surface area contributed by atoms with Crippen molar-refractivity contribution in [3.05, 3.63) is 103 Å². The number of aromatic nitrogens is 2. The smallest absolute Gasteiger partial charge is 0.248 e. The van der Waals surface area contributed by atoms with Crippen molar-refractivity contribution in [3.63, 3.8) is 0 Å². The van der Waals surface area contributed by atoms with Gasteiger partial charge in [0.2, 0.25) is 6.33 Å². The van der Waals surface area contributed by atoms with Gasteiger partial charge in [0.25, 0.3) is 0 Å². The summed E-state index contributed by atoms with van der Waals surface area (Å²) >= 11 is 0. The van der Waals surface area contributed by atoms with Crippen LogP contribution < -0.4 is 9.30 Å². The number of nitriles is 1.